The highest BCUT2D eigenvalue weighted by atomic mass is 16.1. The Bertz CT molecular complexity index is 715. The van der Waals surface area contributed by atoms with Crippen molar-refractivity contribution in [2.75, 3.05) is 11.9 Å². The van der Waals surface area contributed by atoms with Crippen LogP contribution in [0.4, 0.5) is 5.69 Å². The molecule has 21 heavy (non-hydrogen) atoms. The summed E-state index contributed by atoms with van der Waals surface area (Å²) < 4.78 is 0. The van der Waals surface area contributed by atoms with E-state index in [1.807, 2.05) is 32.9 Å². The molecule has 5 heteroatoms. The van der Waals surface area contributed by atoms with Crippen molar-refractivity contribution in [3.63, 3.8) is 0 Å². The summed E-state index contributed by atoms with van der Waals surface area (Å²) >= 11 is 0. The van der Waals surface area contributed by atoms with Gasteiger partial charge in [0.05, 0.1) is 23.6 Å². The van der Waals surface area contributed by atoms with Crippen LogP contribution >= 0.6 is 0 Å². The first kappa shape index (κ1) is 14.8. The van der Waals surface area contributed by atoms with Crippen LogP contribution in [0.25, 0.3) is 0 Å². The lowest BCUT2D eigenvalue weighted by Crippen LogP contribution is -2.13. The lowest BCUT2D eigenvalue weighted by atomic mass is 10.0. The fourth-order valence-corrected chi connectivity index (χ4v) is 2.01. The van der Waals surface area contributed by atoms with E-state index in [1.54, 1.807) is 6.07 Å². The Hall–Kier alpha value is -2.58. The Morgan fingerprint density at radius 3 is 2.71 bits per heavy atom. The van der Waals surface area contributed by atoms with Gasteiger partial charge in [0.1, 0.15) is 0 Å². The van der Waals surface area contributed by atoms with Gasteiger partial charge < -0.3 is 11.1 Å². The first-order valence-corrected chi connectivity index (χ1v) is 6.65. The van der Waals surface area contributed by atoms with E-state index in [0.29, 0.717) is 12.1 Å². The molecule has 4 N–H and O–H groups in total. The van der Waals surface area contributed by atoms with Gasteiger partial charge in [0.25, 0.3) is 5.91 Å². The molecule has 0 aliphatic heterocycles. The van der Waals surface area contributed by atoms with Crippen LogP contribution < -0.4 is 11.1 Å². The molecule has 5 nitrogen and oxygen atoms in total. The Kier molecular flexibility index (Phi) is 4.41. The quantitative estimate of drug-likeness (QED) is 0.736. The molecule has 0 saturated heterocycles. The van der Waals surface area contributed by atoms with Gasteiger partial charge in [0.2, 0.25) is 0 Å². The van der Waals surface area contributed by atoms with E-state index in [4.69, 9.17) is 5.73 Å². The smallest absolute Gasteiger partial charge is 0.255 e. The van der Waals surface area contributed by atoms with Gasteiger partial charge in [0, 0.05) is 11.1 Å². The highest BCUT2D eigenvalue weighted by Gasteiger charge is 2.12. The van der Waals surface area contributed by atoms with Crippen LogP contribution in [0.1, 0.15) is 32.9 Å². The maximum Gasteiger partial charge on any atom is 0.255 e. The predicted octanol–water partition coefficient (Wildman–Crippen LogP) is 1.90. The Balaban J connectivity index is 2.22. The molecular weight excluding hydrogens is 264 g/mol. The zero-order chi connectivity index (χ0) is 15.4. The standard InChI is InChI=1S/C16H18N4O/c1-10-9-14(7-6-13(10)5-4-8-17)16(21)18-15-11(2)19-20-12(15)3/h6-7,9H,8,17H2,1-3H3,(H,18,21)(H,19,20). The Morgan fingerprint density at radius 2 is 2.14 bits per heavy atom. The van der Waals surface area contributed by atoms with E-state index in [9.17, 15) is 4.79 Å². The second kappa shape index (κ2) is 6.25. The van der Waals surface area contributed by atoms with Gasteiger partial charge in [-0.1, -0.05) is 11.8 Å². The van der Waals surface area contributed by atoms with Gasteiger partial charge in [-0.2, -0.15) is 5.10 Å². The monoisotopic (exact) mass is 282 g/mol. The van der Waals surface area contributed by atoms with Crippen LogP contribution in [0, 0.1) is 32.6 Å². The number of rotatable bonds is 2. The van der Waals surface area contributed by atoms with Crippen LogP contribution in [0.5, 0.6) is 0 Å². The molecule has 0 atom stereocenters. The minimum Gasteiger partial charge on any atom is -0.320 e. The van der Waals surface area contributed by atoms with E-state index in [2.05, 4.69) is 27.4 Å². The number of aromatic amines is 1. The van der Waals surface area contributed by atoms with Crippen molar-refractivity contribution >= 4 is 11.6 Å². The Morgan fingerprint density at radius 1 is 1.38 bits per heavy atom. The number of H-pyrrole nitrogens is 1. The minimum atomic E-state index is -0.163. The van der Waals surface area contributed by atoms with Crippen molar-refractivity contribution in [3.8, 4) is 11.8 Å². The molecule has 2 aromatic rings. The third-order valence-electron chi connectivity index (χ3n) is 3.18. The number of nitrogens with one attached hydrogen (secondary N) is 2. The maximum atomic E-state index is 12.3. The molecule has 0 radical (unpaired) electrons. The van der Waals surface area contributed by atoms with E-state index < -0.39 is 0 Å². The number of carbonyl (C=O) groups excluding carboxylic acids is 1. The average molecular weight is 282 g/mol. The predicted molar refractivity (Wildman–Crippen MR) is 83.1 cm³/mol. The third kappa shape index (κ3) is 3.30. The summed E-state index contributed by atoms with van der Waals surface area (Å²) in [4.78, 5) is 12.3. The molecule has 2 rings (SSSR count). The van der Waals surface area contributed by atoms with Gasteiger partial charge in [-0.05, 0) is 44.5 Å². The number of carbonyl (C=O) groups is 1. The van der Waals surface area contributed by atoms with Crippen molar-refractivity contribution < 1.29 is 4.79 Å². The topological polar surface area (TPSA) is 83.8 Å². The van der Waals surface area contributed by atoms with Crippen LogP contribution in [0.2, 0.25) is 0 Å². The fraction of sp³-hybridized carbons (Fsp3) is 0.250. The molecule has 0 saturated carbocycles. The van der Waals surface area contributed by atoms with Crippen LogP contribution in [0.3, 0.4) is 0 Å². The molecule has 0 bridgehead atoms. The third-order valence-corrected chi connectivity index (χ3v) is 3.18. The van der Waals surface area contributed by atoms with Crippen LogP contribution in [0.15, 0.2) is 18.2 Å². The molecule has 108 valence electrons. The van der Waals surface area contributed by atoms with Crippen LogP contribution in [-0.2, 0) is 0 Å². The van der Waals surface area contributed by atoms with Crippen molar-refractivity contribution in [2.45, 2.75) is 20.8 Å². The molecule has 0 spiro atoms. The Labute approximate surface area is 123 Å². The lowest BCUT2D eigenvalue weighted by Gasteiger charge is -2.07. The summed E-state index contributed by atoms with van der Waals surface area (Å²) in [6.45, 7) is 5.95. The van der Waals surface area contributed by atoms with Gasteiger partial charge >= 0.3 is 0 Å². The largest absolute Gasteiger partial charge is 0.320 e. The molecular formula is C16H18N4O. The summed E-state index contributed by atoms with van der Waals surface area (Å²) in [6, 6.07) is 5.41. The van der Waals surface area contributed by atoms with E-state index in [-0.39, 0.29) is 5.91 Å². The van der Waals surface area contributed by atoms with Gasteiger partial charge in [-0.3, -0.25) is 9.89 Å². The molecule has 0 unspecified atom stereocenters. The SMILES string of the molecule is Cc1cc(C(=O)Nc2c(C)n[nH]c2C)ccc1C#CCN. The number of hydrogen-bond acceptors (Lipinski definition) is 3. The number of benzene rings is 1. The molecule has 1 aromatic carbocycles. The van der Waals surface area contributed by atoms with Gasteiger partial charge in [0.15, 0.2) is 0 Å². The van der Waals surface area contributed by atoms with Crippen LogP contribution in [-0.4, -0.2) is 22.6 Å². The zero-order valence-electron chi connectivity index (χ0n) is 12.4. The second-order valence-corrected chi connectivity index (χ2v) is 4.80. The number of aryl methyl sites for hydroxylation is 3. The molecule has 1 aromatic heterocycles. The lowest BCUT2D eigenvalue weighted by molar-refractivity contribution is 0.102. The normalized spacial score (nSPS) is 9.90. The number of nitrogens with zero attached hydrogens (tertiary/aromatic N) is 1. The number of anilines is 1. The molecule has 0 aliphatic rings. The van der Waals surface area contributed by atoms with Gasteiger partial charge in [-0.15, -0.1) is 0 Å². The number of hydrogen-bond donors (Lipinski definition) is 3. The fourth-order valence-electron chi connectivity index (χ4n) is 2.01. The average Bonchev–Trinajstić information content (AvgIpc) is 2.77. The van der Waals surface area contributed by atoms with Crippen molar-refractivity contribution in [2.24, 2.45) is 5.73 Å². The number of nitrogens with two attached hydrogens (primary N) is 1. The van der Waals surface area contributed by atoms with Crippen molar-refractivity contribution in [3.05, 3.63) is 46.3 Å². The van der Waals surface area contributed by atoms with Crippen molar-refractivity contribution in [1.82, 2.24) is 10.2 Å². The molecule has 0 aliphatic carbocycles. The number of aromatic nitrogens is 2. The summed E-state index contributed by atoms with van der Waals surface area (Å²) in [5.74, 6) is 5.63. The summed E-state index contributed by atoms with van der Waals surface area (Å²) in [5, 5.41) is 9.78. The molecule has 1 heterocycles. The first-order chi connectivity index (χ1) is 10.0. The molecule has 1 amide bonds. The summed E-state index contributed by atoms with van der Waals surface area (Å²) in [6.07, 6.45) is 0. The molecule has 0 fully saturated rings. The first-order valence-electron chi connectivity index (χ1n) is 6.65. The zero-order valence-corrected chi connectivity index (χ0v) is 12.4. The van der Waals surface area contributed by atoms with E-state index in [1.165, 1.54) is 0 Å². The highest BCUT2D eigenvalue weighted by Crippen LogP contribution is 2.18. The summed E-state index contributed by atoms with van der Waals surface area (Å²) in [7, 11) is 0. The van der Waals surface area contributed by atoms with Crippen molar-refractivity contribution in [1.29, 1.82) is 0 Å². The second-order valence-electron chi connectivity index (χ2n) is 4.80. The number of amides is 1. The van der Waals surface area contributed by atoms with E-state index in [0.717, 1.165) is 28.2 Å². The minimum absolute atomic E-state index is 0.163. The summed E-state index contributed by atoms with van der Waals surface area (Å²) in [5.41, 5.74) is 10.1. The highest BCUT2D eigenvalue weighted by molar-refractivity contribution is 6.05. The van der Waals surface area contributed by atoms with Gasteiger partial charge in [-0.25, -0.2) is 0 Å². The van der Waals surface area contributed by atoms with E-state index >= 15 is 0 Å². The maximum absolute atomic E-state index is 12.3.